The largest absolute Gasteiger partial charge is 0.408 e. The van der Waals surface area contributed by atoms with E-state index in [1.165, 1.54) is 0 Å². The van der Waals surface area contributed by atoms with Gasteiger partial charge in [0, 0.05) is 5.69 Å². The van der Waals surface area contributed by atoms with E-state index in [-0.39, 0.29) is 18.8 Å². The van der Waals surface area contributed by atoms with E-state index >= 15 is 0 Å². The molecule has 1 fully saturated rings. The molecule has 0 spiro atoms. The van der Waals surface area contributed by atoms with Crippen LogP contribution in [0.15, 0.2) is 24.3 Å². The van der Waals surface area contributed by atoms with Gasteiger partial charge in [-0.3, -0.25) is 4.79 Å². The standard InChI is InChI=1S/C15H19F3N2O.ClH/c16-15(17,18)14(11-3-1-2-4-11)20-13(21)9-10-5-7-12(19)8-6-10;/h5-8,11,14H,1-4,9,19H2,(H,20,21);1H. The van der Waals surface area contributed by atoms with E-state index in [2.05, 4.69) is 5.32 Å². The van der Waals surface area contributed by atoms with Crippen molar-refractivity contribution in [1.29, 1.82) is 0 Å². The molecule has 3 nitrogen and oxygen atoms in total. The van der Waals surface area contributed by atoms with Gasteiger partial charge in [0.15, 0.2) is 0 Å². The third-order valence-electron chi connectivity index (χ3n) is 3.88. The lowest BCUT2D eigenvalue weighted by molar-refractivity contribution is -0.171. The van der Waals surface area contributed by atoms with Gasteiger partial charge in [0.25, 0.3) is 0 Å². The Morgan fingerprint density at radius 3 is 2.27 bits per heavy atom. The Bertz CT molecular complexity index is 485. The molecule has 0 bridgehead atoms. The monoisotopic (exact) mass is 336 g/mol. The summed E-state index contributed by atoms with van der Waals surface area (Å²) in [5.41, 5.74) is 6.73. The van der Waals surface area contributed by atoms with Crippen LogP contribution in [-0.2, 0) is 11.2 Å². The van der Waals surface area contributed by atoms with E-state index < -0.39 is 24.0 Å². The summed E-state index contributed by atoms with van der Waals surface area (Å²) < 4.78 is 39.3. The van der Waals surface area contributed by atoms with Gasteiger partial charge < -0.3 is 11.1 Å². The van der Waals surface area contributed by atoms with E-state index in [1.807, 2.05) is 0 Å². The van der Waals surface area contributed by atoms with E-state index in [9.17, 15) is 18.0 Å². The first-order valence-electron chi connectivity index (χ1n) is 7.07. The van der Waals surface area contributed by atoms with Gasteiger partial charge in [0.1, 0.15) is 6.04 Å². The van der Waals surface area contributed by atoms with Crippen LogP contribution in [0.1, 0.15) is 31.2 Å². The molecule has 1 saturated carbocycles. The number of benzene rings is 1. The van der Waals surface area contributed by atoms with Crippen LogP contribution in [0.4, 0.5) is 18.9 Å². The smallest absolute Gasteiger partial charge is 0.399 e. The summed E-state index contributed by atoms with van der Waals surface area (Å²) >= 11 is 0. The van der Waals surface area contributed by atoms with Crippen LogP contribution in [0.25, 0.3) is 0 Å². The second-order valence-electron chi connectivity index (χ2n) is 5.55. The van der Waals surface area contributed by atoms with Crippen molar-refractivity contribution in [3.8, 4) is 0 Å². The molecular formula is C15H20ClF3N2O. The van der Waals surface area contributed by atoms with E-state index in [0.717, 1.165) is 12.8 Å². The molecule has 0 heterocycles. The quantitative estimate of drug-likeness (QED) is 0.827. The van der Waals surface area contributed by atoms with Gasteiger partial charge in [-0.1, -0.05) is 25.0 Å². The molecule has 7 heteroatoms. The van der Waals surface area contributed by atoms with E-state index in [1.54, 1.807) is 24.3 Å². The number of nitrogens with two attached hydrogens (primary N) is 1. The molecule has 1 aromatic carbocycles. The summed E-state index contributed by atoms with van der Waals surface area (Å²) in [5, 5.41) is 2.17. The van der Waals surface area contributed by atoms with Crippen LogP contribution < -0.4 is 11.1 Å². The Kier molecular flexibility index (Phi) is 6.53. The zero-order valence-electron chi connectivity index (χ0n) is 12.0. The highest BCUT2D eigenvalue weighted by Crippen LogP contribution is 2.35. The van der Waals surface area contributed by atoms with Crippen molar-refractivity contribution in [2.24, 2.45) is 5.92 Å². The van der Waals surface area contributed by atoms with E-state index in [0.29, 0.717) is 24.1 Å². The molecule has 124 valence electrons. The molecule has 3 N–H and O–H groups in total. The van der Waals surface area contributed by atoms with Crippen LogP contribution >= 0.6 is 12.4 Å². The van der Waals surface area contributed by atoms with E-state index in [4.69, 9.17) is 5.73 Å². The molecule has 1 aliphatic rings. The number of carbonyl (C=O) groups excluding carboxylic acids is 1. The van der Waals surface area contributed by atoms with Gasteiger partial charge in [0.2, 0.25) is 5.91 Å². The molecule has 1 aliphatic carbocycles. The van der Waals surface area contributed by atoms with Gasteiger partial charge in [-0.25, -0.2) is 0 Å². The van der Waals surface area contributed by atoms with Gasteiger partial charge >= 0.3 is 6.18 Å². The first kappa shape index (κ1) is 18.6. The van der Waals surface area contributed by atoms with Crippen molar-refractivity contribution in [2.75, 3.05) is 5.73 Å². The highest BCUT2D eigenvalue weighted by Gasteiger charge is 2.46. The first-order valence-corrected chi connectivity index (χ1v) is 7.07. The second-order valence-corrected chi connectivity index (χ2v) is 5.55. The fraction of sp³-hybridized carbons (Fsp3) is 0.533. The molecule has 1 atom stereocenters. The second kappa shape index (κ2) is 7.72. The third kappa shape index (κ3) is 5.09. The van der Waals surface area contributed by atoms with Crippen LogP contribution in [-0.4, -0.2) is 18.1 Å². The minimum Gasteiger partial charge on any atom is -0.399 e. The molecule has 1 amide bonds. The Labute approximate surface area is 133 Å². The predicted octanol–water partition coefficient (Wildman–Crippen LogP) is 3.47. The van der Waals surface area contributed by atoms with Crippen LogP contribution in [0, 0.1) is 5.92 Å². The number of rotatable bonds is 4. The Morgan fingerprint density at radius 1 is 1.23 bits per heavy atom. The van der Waals surface area contributed by atoms with Crippen molar-refractivity contribution in [3.05, 3.63) is 29.8 Å². The fourth-order valence-corrected chi connectivity index (χ4v) is 2.80. The summed E-state index contributed by atoms with van der Waals surface area (Å²) in [7, 11) is 0. The molecule has 1 unspecified atom stereocenters. The number of nitrogens with one attached hydrogen (secondary N) is 1. The van der Waals surface area contributed by atoms with Crippen LogP contribution in [0.2, 0.25) is 0 Å². The topological polar surface area (TPSA) is 55.1 Å². The minimum absolute atomic E-state index is 0. The lowest BCUT2D eigenvalue weighted by Gasteiger charge is -2.27. The number of carbonyl (C=O) groups is 1. The summed E-state index contributed by atoms with van der Waals surface area (Å²) in [6, 6.07) is 4.81. The Balaban J connectivity index is 0.00000242. The summed E-state index contributed by atoms with van der Waals surface area (Å²) in [6.45, 7) is 0. The maximum atomic E-state index is 13.1. The minimum atomic E-state index is -4.40. The van der Waals surface area contributed by atoms with Crippen molar-refractivity contribution < 1.29 is 18.0 Å². The maximum absolute atomic E-state index is 13.1. The molecule has 0 radical (unpaired) electrons. The van der Waals surface area contributed by atoms with Crippen molar-refractivity contribution in [3.63, 3.8) is 0 Å². The number of alkyl halides is 3. The normalized spacial score (nSPS) is 16.9. The number of nitrogen functional groups attached to an aromatic ring is 1. The molecule has 22 heavy (non-hydrogen) atoms. The van der Waals surface area contributed by atoms with Gasteiger partial charge in [-0.2, -0.15) is 13.2 Å². The van der Waals surface area contributed by atoms with Crippen LogP contribution in [0.5, 0.6) is 0 Å². The molecule has 0 aromatic heterocycles. The highest BCUT2D eigenvalue weighted by molar-refractivity contribution is 5.85. The Morgan fingerprint density at radius 2 is 1.77 bits per heavy atom. The first-order chi connectivity index (χ1) is 9.86. The lowest BCUT2D eigenvalue weighted by atomic mass is 9.97. The molecular weight excluding hydrogens is 317 g/mol. The highest BCUT2D eigenvalue weighted by atomic mass is 35.5. The van der Waals surface area contributed by atoms with Crippen molar-refractivity contribution >= 4 is 24.0 Å². The molecule has 0 saturated heterocycles. The summed E-state index contributed by atoms with van der Waals surface area (Å²) in [5.74, 6) is -1.10. The number of anilines is 1. The van der Waals surface area contributed by atoms with Crippen LogP contribution in [0.3, 0.4) is 0 Å². The lowest BCUT2D eigenvalue weighted by Crippen LogP contribution is -2.50. The average Bonchev–Trinajstić information content (AvgIpc) is 2.91. The molecule has 2 rings (SSSR count). The third-order valence-corrected chi connectivity index (χ3v) is 3.88. The maximum Gasteiger partial charge on any atom is 0.408 e. The Hall–Kier alpha value is -1.43. The van der Waals surface area contributed by atoms with Gasteiger partial charge in [0.05, 0.1) is 6.42 Å². The number of hydrogen-bond donors (Lipinski definition) is 2. The number of halogens is 4. The van der Waals surface area contributed by atoms with Crippen molar-refractivity contribution in [1.82, 2.24) is 5.32 Å². The number of amides is 1. The number of hydrogen-bond acceptors (Lipinski definition) is 2. The average molecular weight is 337 g/mol. The summed E-state index contributed by atoms with van der Waals surface area (Å²) in [6.07, 6.45) is -1.83. The van der Waals surface area contributed by atoms with Crippen molar-refractivity contribution in [2.45, 2.75) is 44.3 Å². The van der Waals surface area contributed by atoms with Gasteiger partial charge in [-0.15, -0.1) is 12.4 Å². The molecule has 1 aromatic rings. The zero-order chi connectivity index (χ0) is 15.5. The SMILES string of the molecule is Cl.Nc1ccc(CC(=O)NC(C2CCCC2)C(F)(F)F)cc1. The predicted molar refractivity (Wildman–Crippen MR) is 81.8 cm³/mol. The molecule has 0 aliphatic heterocycles. The summed E-state index contributed by atoms with van der Waals surface area (Å²) in [4.78, 5) is 11.9. The van der Waals surface area contributed by atoms with Gasteiger partial charge in [-0.05, 0) is 36.5 Å². The zero-order valence-corrected chi connectivity index (χ0v) is 12.8. The fourth-order valence-electron chi connectivity index (χ4n) is 2.80.